The summed E-state index contributed by atoms with van der Waals surface area (Å²) in [7, 11) is 2.95. The van der Waals surface area contributed by atoms with E-state index in [4.69, 9.17) is 0 Å². The minimum Gasteiger partial charge on any atom is -0.468 e. The van der Waals surface area contributed by atoms with Gasteiger partial charge in [-0.2, -0.15) is 0 Å². The van der Waals surface area contributed by atoms with Crippen LogP contribution in [0.1, 0.15) is 11.6 Å². The Balaban J connectivity index is 3.07. The number of halogens is 2. The Kier molecular flexibility index (Phi) is 4.23. The highest BCUT2D eigenvalue weighted by molar-refractivity contribution is 9.10. The van der Waals surface area contributed by atoms with Crippen LogP contribution in [0.5, 0.6) is 0 Å². The number of nitrogens with one attached hydrogen (secondary N) is 1. The van der Waals surface area contributed by atoms with Gasteiger partial charge in [-0.3, -0.25) is 0 Å². The van der Waals surface area contributed by atoms with E-state index in [2.05, 4.69) is 26.0 Å². The molecule has 1 aromatic carbocycles. The van der Waals surface area contributed by atoms with Crippen LogP contribution in [0.25, 0.3) is 0 Å². The first-order chi connectivity index (χ1) is 7.10. The van der Waals surface area contributed by atoms with Gasteiger partial charge in [-0.1, -0.05) is 22.0 Å². The molecule has 0 aliphatic heterocycles. The summed E-state index contributed by atoms with van der Waals surface area (Å²) < 4.78 is 18.0. The lowest BCUT2D eigenvalue weighted by molar-refractivity contribution is -0.143. The van der Waals surface area contributed by atoms with Crippen LogP contribution in [-0.2, 0) is 9.53 Å². The number of methoxy groups -OCH3 is 1. The lowest BCUT2D eigenvalue weighted by Crippen LogP contribution is -2.26. The largest absolute Gasteiger partial charge is 0.468 e. The fraction of sp³-hybridized carbons (Fsp3) is 0.300. The summed E-state index contributed by atoms with van der Waals surface area (Å²) in [6.45, 7) is 0. The molecule has 1 atom stereocenters. The third-order valence-electron chi connectivity index (χ3n) is 2.00. The Morgan fingerprint density at radius 3 is 2.73 bits per heavy atom. The van der Waals surface area contributed by atoms with E-state index in [1.165, 1.54) is 25.3 Å². The zero-order chi connectivity index (χ0) is 11.4. The van der Waals surface area contributed by atoms with Crippen LogP contribution in [0.2, 0.25) is 0 Å². The molecule has 3 nitrogen and oxygen atoms in total. The first kappa shape index (κ1) is 12.1. The van der Waals surface area contributed by atoms with Crippen LogP contribution in [0.15, 0.2) is 22.7 Å². The average molecular weight is 276 g/mol. The van der Waals surface area contributed by atoms with Crippen LogP contribution in [0.3, 0.4) is 0 Å². The maximum atomic E-state index is 12.8. The molecular formula is C10H11BrFNO2. The number of likely N-dealkylation sites (N-methyl/N-ethyl adjacent to an activating group) is 1. The van der Waals surface area contributed by atoms with E-state index in [0.29, 0.717) is 10.0 Å². The second-order valence-electron chi connectivity index (χ2n) is 2.91. The summed E-state index contributed by atoms with van der Waals surface area (Å²) in [6, 6.07) is 3.55. The van der Waals surface area contributed by atoms with Crippen molar-refractivity contribution in [3.63, 3.8) is 0 Å². The quantitative estimate of drug-likeness (QED) is 0.858. The van der Waals surface area contributed by atoms with Gasteiger partial charge in [-0.25, -0.2) is 9.18 Å². The molecule has 5 heteroatoms. The van der Waals surface area contributed by atoms with Gasteiger partial charge in [0.1, 0.15) is 11.9 Å². The fourth-order valence-electron chi connectivity index (χ4n) is 1.25. The van der Waals surface area contributed by atoms with Gasteiger partial charge in [-0.05, 0) is 24.7 Å². The number of hydrogen-bond acceptors (Lipinski definition) is 3. The molecule has 0 aliphatic carbocycles. The molecule has 0 radical (unpaired) electrons. The normalized spacial score (nSPS) is 12.3. The monoisotopic (exact) mass is 275 g/mol. The third-order valence-corrected chi connectivity index (χ3v) is 2.69. The van der Waals surface area contributed by atoms with E-state index in [9.17, 15) is 9.18 Å². The predicted molar refractivity (Wildman–Crippen MR) is 57.9 cm³/mol. The van der Waals surface area contributed by atoms with E-state index in [1.807, 2.05) is 0 Å². The van der Waals surface area contributed by atoms with Gasteiger partial charge in [-0.15, -0.1) is 0 Å². The number of esters is 1. The van der Waals surface area contributed by atoms with Crippen LogP contribution >= 0.6 is 15.9 Å². The van der Waals surface area contributed by atoms with Crippen molar-refractivity contribution in [3.8, 4) is 0 Å². The molecule has 15 heavy (non-hydrogen) atoms. The molecule has 0 fully saturated rings. The van der Waals surface area contributed by atoms with E-state index in [-0.39, 0.29) is 5.82 Å². The Bertz CT molecular complexity index is 370. The lowest BCUT2D eigenvalue weighted by Gasteiger charge is -2.15. The molecule has 0 heterocycles. The molecule has 0 spiro atoms. The zero-order valence-corrected chi connectivity index (χ0v) is 9.97. The van der Waals surface area contributed by atoms with E-state index in [1.54, 1.807) is 7.05 Å². The number of carbonyl (C=O) groups is 1. The molecule has 0 bridgehead atoms. The van der Waals surface area contributed by atoms with Crippen molar-refractivity contribution in [2.75, 3.05) is 14.2 Å². The van der Waals surface area contributed by atoms with Crippen molar-refractivity contribution in [3.05, 3.63) is 34.1 Å². The summed E-state index contributed by atoms with van der Waals surface area (Å²) >= 11 is 3.20. The van der Waals surface area contributed by atoms with Crippen molar-refractivity contribution in [1.29, 1.82) is 0 Å². The molecule has 0 aliphatic rings. The van der Waals surface area contributed by atoms with Crippen LogP contribution in [0, 0.1) is 5.82 Å². The van der Waals surface area contributed by atoms with Gasteiger partial charge in [0, 0.05) is 4.47 Å². The molecule has 1 aromatic rings. The van der Waals surface area contributed by atoms with Gasteiger partial charge in [0.2, 0.25) is 0 Å². The molecule has 0 amide bonds. The van der Waals surface area contributed by atoms with Gasteiger partial charge in [0.05, 0.1) is 7.11 Å². The Morgan fingerprint density at radius 1 is 1.60 bits per heavy atom. The molecule has 0 aromatic heterocycles. The van der Waals surface area contributed by atoms with Crippen LogP contribution < -0.4 is 5.32 Å². The highest BCUT2D eigenvalue weighted by atomic mass is 79.9. The van der Waals surface area contributed by atoms with Crippen molar-refractivity contribution in [2.24, 2.45) is 0 Å². The molecule has 82 valence electrons. The SMILES string of the molecule is CNC(C(=O)OC)c1ccc(F)cc1Br. The highest BCUT2D eigenvalue weighted by Gasteiger charge is 2.21. The zero-order valence-electron chi connectivity index (χ0n) is 8.38. The Labute approximate surface area is 95.7 Å². The molecule has 1 N–H and O–H groups in total. The highest BCUT2D eigenvalue weighted by Crippen LogP contribution is 2.24. The van der Waals surface area contributed by atoms with Gasteiger partial charge in [0.15, 0.2) is 0 Å². The number of rotatable bonds is 3. The number of ether oxygens (including phenoxy) is 1. The second-order valence-corrected chi connectivity index (χ2v) is 3.77. The molecular weight excluding hydrogens is 265 g/mol. The molecule has 0 saturated carbocycles. The van der Waals surface area contributed by atoms with Gasteiger partial charge in [0.25, 0.3) is 0 Å². The number of carbonyl (C=O) groups excluding carboxylic acids is 1. The van der Waals surface area contributed by atoms with Crippen molar-refractivity contribution in [2.45, 2.75) is 6.04 Å². The van der Waals surface area contributed by atoms with E-state index < -0.39 is 12.0 Å². The summed E-state index contributed by atoms with van der Waals surface area (Å²) in [5.41, 5.74) is 0.644. The Hall–Kier alpha value is -0.940. The standard InChI is InChI=1S/C10H11BrFNO2/c1-13-9(10(14)15-2)7-4-3-6(12)5-8(7)11/h3-5,9,13H,1-2H3. The van der Waals surface area contributed by atoms with Crippen LogP contribution in [0.4, 0.5) is 4.39 Å². The minimum atomic E-state index is -0.593. The predicted octanol–water partition coefficient (Wildman–Crippen LogP) is 2.02. The smallest absolute Gasteiger partial charge is 0.327 e. The van der Waals surface area contributed by atoms with E-state index >= 15 is 0 Å². The van der Waals surface area contributed by atoms with Crippen molar-refractivity contribution in [1.82, 2.24) is 5.32 Å². The molecule has 0 saturated heterocycles. The summed E-state index contributed by atoms with van der Waals surface area (Å²) in [6.07, 6.45) is 0. The average Bonchev–Trinajstić information content (AvgIpc) is 2.21. The fourth-order valence-corrected chi connectivity index (χ4v) is 1.83. The third kappa shape index (κ3) is 2.76. The van der Waals surface area contributed by atoms with Crippen LogP contribution in [-0.4, -0.2) is 20.1 Å². The summed E-state index contributed by atoms with van der Waals surface area (Å²) in [5.74, 6) is -0.768. The molecule has 1 rings (SSSR count). The minimum absolute atomic E-state index is 0.356. The summed E-state index contributed by atoms with van der Waals surface area (Å²) in [4.78, 5) is 11.4. The topological polar surface area (TPSA) is 38.3 Å². The summed E-state index contributed by atoms with van der Waals surface area (Å²) in [5, 5.41) is 2.80. The first-order valence-electron chi connectivity index (χ1n) is 4.30. The Morgan fingerprint density at radius 2 is 2.27 bits per heavy atom. The second kappa shape index (κ2) is 5.23. The molecule has 1 unspecified atom stereocenters. The first-order valence-corrected chi connectivity index (χ1v) is 5.09. The maximum absolute atomic E-state index is 12.8. The number of benzene rings is 1. The van der Waals surface area contributed by atoms with Gasteiger partial charge < -0.3 is 10.1 Å². The van der Waals surface area contributed by atoms with Gasteiger partial charge >= 0.3 is 5.97 Å². The van der Waals surface area contributed by atoms with E-state index in [0.717, 1.165) is 0 Å². The lowest BCUT2D eigenvalue weighted by atomic mass is 10.1. The van der Waals surface area contributed by atoms with Crippen molar-refractivity contribution < 1.29 is 13.9 Å². The van der Waals surface area contributed by atoms with Crippen molar-refractivity contribution >= 4 is 21.9 Å². The number of hydrogen-bond donors (Lipinski definition) is 1. The maximum Gasteiger partial charge on any atom is 0.327 e.